The van der Waals surface area contributed by atoms with Gasteiger partial charge < -0.3 is 16.0 Å². The molecule has 0 aromatic heterocycles. The molecule has 0 aromatic carbocycles. The van der Waals surface area contributed by atoms with E-state index < -0.39 is 0 Å². The number of likely N-dealkylation sites (N-methyl/N-ethyl adjacent to an activating group) is 2. The van der Waals surface area contributed by atoms with Crippen LogP contribution in [0.5, 0.6) is 0 Å². The van der Waals surface area contributed by atoms with E-state index in [-0.39, 0.29) is 30.3 Å². The number of carbonyl (C=O) groups excluding carboxylic acids is 2. The summed E-state index contributed by atoms with van der Waals surface area (Å²) in [4.78, 5) is 25.5. The molecule has 0 heterocycles. The van der Waals surface area contributed by atoms with E-state index in [2.05, 4.69) is 5.32 Å². The van der Waals surface area contributed by atoms with Gasteiger partial charge in [-0.2, -0.15) is 0 Å². The second-order valence-corrected chi connectivity index (χ2v) is 4.92. The van der Waals surface area contributed by atoms with Crippen LogP contribution in [0.3, 0.4) is 0 Å². The second-order valence-electron chi connectivity index (χ2n) is 4.92. The predicted octanol–water partition coefficient (Wildman–Crippen LogP) is 0.489. The summed E-state index contributed by atoms with van der Waals surface area (Å²) in [6.07, 6.45) is 3.53. The van der Waals surface area contributed by atoms with E-state index in [9.17, 15) is 9.59 Å². The van der Waals surface area contributed by atoms with Crippen molar-refractivity contribution in [1.82, 2.24) is 10.2 Å². The Balaban J connectivity index is 2.48. The van der Waals surface area contributed by atoms with Crippen LogP contribution in [0.15, 0.2) is 0 Å². The van der Waals surface area contributed by atoms with Crippen molar-refractivity contribution in [2.75, 3.05) is 19.6 Å². The summed E-state index contributed by atoms with van der Waals surface area (Å²) in [5.74, 6) is 0.0787. The number of nitrogens with one attached hydrogen (secondary N) is 1. The molecule has 0 radical (unpaired) electrons. The van der Waals surface area contributed by atoms with Crippen LogP contribution < -0.4 is 11.1 Å². The molecule has 0 aromatic rings. The summed E-state index contributed by atoms with van der Waals surface area (Å²) in [6, 6.07) is 0.243. The van der Waals surface area contributed by atoms with E-state index in [4.69, 9.17) is 5.73 Å². The molecule has 0 atom stereocenters. The van der Waals surface area contributed by atoms with Crippen molar-refractivity contribution in [3.05, 3.63) is 0 Å². The lowest BCUT2D eigenvalue weighted by Crippen LogP contribution is -2.44. The predicted molar refractivity (Wildman–Crippen MR) is 70.9 cm³/mol. The highest BCUT2D eigenvalue weighted by atomic mass is 16.2. The van der Waals surface area contributed by atoms with Gasteiger partial charge in [-0.25, -0.2) is 0 Å². The van der Waals surface area contributed by atoms with E-state index in [1.165, 1.54) is 0 Å². The SMILES string of the molecule is CCNC(=O)CN(CC)C(=O)C1CCC(N)CC1. The molecule has 5 heteroatoms. The van der Waals surface area contributed by atoms with Crippen LogP contribution in [-0.2, 0) is 9.59 Å². The second kappa shape index (κ2) is 7.36. The average molecular weight is 255 g/mol. The molecule has 0 aliphatic heterocycles. The Hall–Kier alpha value is -1.10. The number of amides is 2. The van der Waals surface area contributed by atoms with E-state index in [0.29, 0.717) is 13.1 Å². The number of carbonyl (C=O) groups is 2. The molecular weight excluding hydrogens is 230 g/mol. The molecule has 1 aliphatic carbocycles. The minimum Gasteiger partial charge on any atom is -0.355 e. The van der Waals surface area contributed by atoms with Gasteiger partial charge >= 0.3 is 0 Å². The zero-order valence-electron chi connectivity index (χ0n) is 11.4. The third-order valence-electron chi connectivity index (χ3n) is 3.52. The fraction of sp³-hybridized carbons (Fsp3) is 0.846. The van der Waals surface area contributed by atoms with Crippen LogP contribution in [0.2, 0.25) is 0 Å². The molecule has 104 valence electrons. The van der Waals surface area contributed by atoms with Crippen molar-refractivity contribution >= 4 is 11.8 Å². The first-order chi connectivity index (χ1) is 8.58. The largest absolute Gasteiger partial charge is 0.355 e. The summed E-state index contributed by atoms with van der Waals surface area (Å²) >= 11 is 0. The van der Waals surface area contributed by atoms with Crippen LogP contribution in [0, 0.1) is 5.92 Å². The fourth-order valence-corrected chi connectivity index (χ4v) is 2.40. The van der Waals surface area contributed by atoms with Gasteiger partial charge in [0.1, 0.15) is 0 Å². The van der Waals surface area contributed by atoms with Crippen LogP contribution in [0.25, 0.3) is 0 Å². The summed E-state index contributed by atoms with van der Waals surface area (Å²) in [6.45, 7) is 5.14. The van der Waals surface area contributed by atoms with Gasteiger partial charge in [0, 0.05) is 25.0 Å². The van der Waals surface area contributed by atoms with Crippen LogP contribution in [0.1, 0.15) is 39.5 Å². The number of hydrogen-bond donors (Lipinski definition) is 2. The highest BCUT2D eigenvalue weighted by Crippen LogP contribution is 2.24. The average Bonchev–Trinajstić information content (AvgIpc) is 2.36. The smallest absolute Gasteiger partial charge is 0.239 e. The molecule has 0 spiro atoms. The van der Waals surface area contributed by atoms with Gasteiger partial charge in [0.2, 0.25) is 11.8 Å². The molecule has 1 fully saturated rings. The van der Waals surface area contributed by atoms with Crippen LogP contribution in [0.4, 0.5) is 0 Å². The molecule has 5 nitrogen and oxygen atoms in total. The third-order valence-corrected chi connectivity index (χ3v) is 3.52. The first-order valence-corrected chi connectivity index (χ1v) is 6.89. The Morgan fingerprint density at radius 2 is 1.83 bits per heavy atom. The molecule has 1 rings (SSSR count). The number of hydrogen-bond acceptors (Lipinski definition) is 3. The highest BCUT2D eigenvalue weighted by molar-refractivity contribution is 5.85. The number of nitrogens with zero attached hydrogens (tertiary/aromatic N) is 1. The van der Waals surface area contributed by atoms with Crippen molar-refractivity contribution in [2.45, 2.75) is 45.6 Å². The standard InChI is InChI=1S/C13H25N3O2/c1-3-15-12(17)9-16(4-2)13(18)10-5-7-11(14)8-6-10/h10-11H,3-9,14H2,1-2H3,(H,15,17). The zero-order valence-corrected chi connectivity index (χ0v) is 11.4. The summed E-state index contributed by atoms with van der Waals surface area (Å²) in [5, 5.41) is 2.72. The molecule has 0 saturated heterocycles. The third kappa shape index (κ3) is 4.29. The molecule has 0 unspecified atom stereocenters. The molecule has 0 bridgehead atoms. The molecule has 18 heavy (non-hydrogen) atoms. The van der Waals surface area contributed by atoms with Crippen molar-refractivity contribution in [3.8, 4) is 0 Å². The Labute approximate surface area is 109 Å². The number of nitrogens with two attached hydrogens (primary N) is 1. The van der Waals surface area contributed by atoms with Gasteiger partial charge in [-0.05, 0) is 39.5 Å². The maximum absolute atomic E-state index is 12.3. The van der Waals surface area contributed by atoms with Gasteiger partial charge in [0.25, 0.3) is 0 Å². The minimum atomic E-state index is -0.0831. The van der Waals surface area contributed by atoms with E-state index in [1.54, 1.807) is 4.90 Å². The highest BCUT2D eigenvalue weighted by Gasteiger charge is 2.28. The van der Waals surface area contributed by atoms with Crippen molar-refractivity contribution in [1.29, 1.82) is 0 Å². The summed E-state index contributed by atoms with van der Waals surface area (Å²) in [7, 11) is 0. The maximum Gasteiger partial charge on any atom is 0.239 e. The monoisotopic (exact) mass is 255 g/mol. The first kappa shape index (κ1) is 15.0. The van der Waals surface area contributed by atoms with Crippen LogP contribution >= 0.6 is 0 Å². The van der Waals surface area contributed by atoms with E-state index >= 15 is 0 Å². The summed E-state index contributed by atoms with van der Waals surface area (Å²) in [5.41, 5.74) is 5.84. The fourth-order valence-electron chi connectivity index (χ4n) is 2.40. The van der Waals surface area contributed by atoms with Gasteiger partial charge in [0.05, 0.1) is 6.54 Å². The Morgan fingerprint density at radius 3 is 2.33 bits per heavy atom. The van der Waals surface area contributed by atoms with Crippen molar-refractivity contribution < 1.29 is 9.59 Å². The lowest BCUT2D eigenvalue weighted by molar-refractivity contribution is -0.140. The first-order valence-electron chi connectivity index (χ1n) is 6.89. The lowest BCUT2D eigenvalue weighted by atomic mass is 9.85. The van der Waals surface area contributed by atoms with Crippen molar-refractivity contribution in [3.63, 3.8) is 0 Å². The molecule has 1 saturated carbocycles. The maximum atomic E-state index is 12.3. The molecular formula is C13H25N3O2. The Bertz CT molecular complexity index is 286. The van der Waals surface area contributed by atoms with E-state index in [0.717, 1.165) is 25.7 Å². The zero-order chi connectivity index (χ0) is 13.5. The molecule has 3 N–H and O–H groups in total. The van der Waals surface area contributed by atoms with E-state index in [1.807, 2.05) is 13.8 Å². The van der Waals surface area contributed by atoms with Gasteiger partial charge in [0.15, 0.2) is 0 Å². The summed E-state index contributed by atoms with van der Waals surface area (Å²) < 4.78 is 0. The van der Waals surface area contributed by atoms with Gasteiger partial charge in [-0.15, -0.1) is 0 Å². The topological polar surface area (TPSA) is 75.4 Å². The Morgan fingerprint density at radius 1 is 1.22 bits per heavy atom. The molecule has 2 amide bonds. The number of rotatable bonds is 5. The lowest BCUT2D eigenvalue weighted by Gasteiger charge is -2.30. The van der Waals surface area contributed by atoms with Crippen LogP contribution in [-0.4, -0.2) is 42.4 Å². The van der Waals surface area contributed by atoms with Gasteiger partial charge in [-0.1, -0.05) is 0 Å². The van der Waals surface area contributed by atoms with Crippen molar-refractivity contribution in [2.24, 2.45) is 11.7 Å². The molecule has 1 aliphatic rings. The minimum absolute atomic E-state index is 0.0548. The quantitative estimate of drug-likeness (QED) is 0.750. The van der Waals surface area contributed by atoms with Gasteiger partial charge in [-0.3, -0.25) is 9.59 Å². The Kier molecular flexibility index (Phi) is 6.12. The normalized spacial score (nSPS) is 23.5.